The van der Waals surface area contributed by atoms with E-state index in [1.165, 1.54) is 7.11 Å². The largest absolute Gasteiger partial charge is 0.616 e. The van der Waals surface area contributed by atoms with Crippen molar-refractivity contribution in [3.8, 4) is 11.8 Å². The monoisotopic (exact) mass is 427 g/mol. The third-order valence-corrected chi connectivity index (χ3v) is 4.56. The molecule has 0 saturated carbocycles. The summed E-state index contributed by atoms with van der Waals surface area (Å²) in [5.74, 6) is 0.151. The zero-order valence-electron chi connectivity index (χ0n) is 18.8. The Bertz CT molecular complexity index is 1080. The van der Waals surface area contributed by atoms with Crippen LogP contribution in [-0.2, 0) is 17.6 Å². The molecule has 0 saturated heterocycles. The maximum absolute atomic E-state index is 13.1. The van der Waals surface area contributed by atoms with Gasteiger partial charge in [-0.3, -0.25) is 0 Å². The minimum Gasteiger partial charge on any atom is -0.616 e. The molecule has 0 radical (unpaired) electrons. The molecule has 3 aromatic rings. The third kappa shape index (κ3) is 5.25. The number of carbonyl (C=O) groups is 1. The molecule has 1 N–H and O–H groups in total. The summed E-state index contributed by atoms with van der Waals surface area (Å²) in [5.41, 5.74) is 1.78. The lowest BCUT2D eigenvalue weighted by Crippen LogP contribution is -2.38. The van der Waals surface area contributed by atoms with Gasteiger partial charge in [0.15, 0.2) is 5.69 Å². The molecule has 0 aliphatic carbocycles. The molecule has 8 nitrogen and oxygen atoms in total. The Balaban J connectivity index is 2.05. The number of carbonyl (C=O) groups excluding carboxylic acids is 1. The first-order chi connectivity index (χ1) is 14.6. The maximum atomic E-state index is 13.1. The molecular weight excluding hydrogens is 398 g/mol. The van der Waals surface area contributed by atoms with Crippen molar-refractivity contribution in [2.24, 2.45) is 5.92 Å². The summed E-state index contributed by atoms with van der Waals surface area (Å²) >= 11 is 0. The minimum absolute atomic E-state index is 0.0615. The lowest BCUT2D eigenvalue weighted by molar-refractivity contribution is -0.622. The van der Waals surface area contributed by atoms with Crippen LogP contribution in [0.1, 0.15) is 51.6 Å². The van der Waals surface area contributed by atoms with Crippen LogP contribution in [0.4, 0.5) is 4.79 Å². The van der Waals surface area contributed by atoms with Gasteiger partial charge in [-0.2, -0.15) is 0 Å². The van der Waals surface area contributed by atoms with Gasteiger partial charge in [0.25, 0.3) is 11.6 Å². The smallest absolute Gasteiger partial charge is 0.515 e. The first-order valence-electron chi connectivity index (χ1n) is 10.2. The molecule has 1 aromatic carbocycles. The van der Waals surface area contributed by atoms with Crippen LogP contribution in [0.25, 0.3) is 10.9 Å². The van der Waals surface area contributed by atoms with Gasteiger partial charge in [-0.05, 0) is 38.3 Å². The van der Waals surface area contributed by atoms with E-state index in [0.29, 0.717) is 23.3 Å². The number of H-pyrrole nitrogens is 1. The van der Waals surface area contributed by atoms with E-state index in [1.54, 1.807) is 20.8 Å². The average molecular weight is 428 g/mol. The highest BCUT2D eigenvalue weighted by atomic mass is 16.7. The van der Waals surface area contributed by atoms with E-state index in [9.17, 15) is 10.0 Å². The third-order valence-electron chi connectivity index (χ3n) is 4.56. The minimum atomic E-state index is -0.909. The number of para-hydroxylation sites is 1. The summed E-state index contributed by atoms with van der Waals surface area (Å²) in [6.45, 7) is 9.13. The highest BCUT2D eigenvalue weighted by Crippen LogP contribution is 2.27. The van der Waals surface area contributed by atoms with E-state index in [-0.39, 0.29) is 23.4 Å². The van der Waals surface area contributed by atoms with Crippen molar-refractivity contribution in [3.05, 3.63) is 52.6 Å². The number of ether oxygens (including phenoxy) is 3. The number of aromatic nitrogens is 3. The van der Waals surface area contributed by atoms with Crippen LogP contribution in [-0.4, -0.2) is 28.8 Å². The lowest BCUT2D eigenvalue weighted by atomic mass is 10.1. The number of hydrogen-bond donors (Lipinski definition) is 1. The quantitative estimate of drug-likeness (QED) is 0.357. The van der Waals surface area contributed by atoms with Gasteiger partial charge in [0.2, 0.25) is 0 Å². The second kappa shape index (κ2) is 8.83. The summed E-state index contributed by atoms with van der Waals surface area (Å²) in [5, 5.41) is 14.2. The van der Waals surface area contributed by atoms with Crippen LogP contribution in [0.2, 0.25) is 0 Å². The Morgan fingerprint density at radius 1 is 1.26 bits per heavy atom. The van der Waals surface area contributed by atoms with Crippen molar-refractivity contribution in [2.45, 2.75) is 53.1 Å². The predicted molar refractivity (Wildman–Crippen MR) is 116 cm³/mol. The Labute approximate surface area is 181 Å². The molecule has 8 heteroatoms. The molecule has 0 aliphatic heterocycles. The molecule has 0 bridgehead atoms. The number of fused-ring (bicyclic) bond motifs is 1. The Morgan fingerprint density at radius 3 is 2.61 bits per heavy atom. The van der Waals surface area contributed by atoms with Gasteiger partial charge in [0.1, 0.15) is 5.60 Å². The molecule has 2 heterocycles. The predicted octanol–water partition coefficient (Wildman–Crippen LogP) is 4.31. The van der Waals surface area contributed by atoms with E-state index in [1.807, 2.05) is 44.3 Å². The number of benzene rings is 1. The van der Waals surface area contributed by atoms with Crippen LogP contribution in [0, 0.1) is 11.1 Å². The van der Waals surface area contributed by atoms with Gasteiger partial charge in [-0.1, -0.05) is 32.0 Å². The van der Waals surface area contributed by atoms with Gasteiger partial charge in [0.05, 0.1) is 7.11 Å². The maximum Gasteiger partial charge on any atom is 0.515 e. The summed E-state index contributed by atoms with van der Waals surface area (Å²) in [7, 11) is 1.43. The zero-order valence-corrected chi connectivity index (χ0v) is 18.8. The van der Waals surface area contributed by atoms with E-state index in [2.05, 4.69) is 9.97 Å². The molecule has 2 aromatic heterocycles. The van der Waals surface area contributed by atoms with Crippen molar-refractivity contribution in [1.82, 2.24) is 9.97 Å². The molecule has 0 amide bonds. The van der Waals surface area contributed by atoms with Gasteiger partial charge in [0, 0.05) is 29.9 Å². The second-order valence-electron chi connectivity index (χ2n) is 8.81. The van der Waals surface area contributed by atoms with Crippen molar-refractivity contribution in [3.63, 3.8) is 0 Å². The second-order valence-corrected chi connectivity index (χ2v) is 8.81. The molecule has 0 aliphatic rings. The van der Waals surface area contributed by atoms with Crippen molar-refractivity contribution < 1.29 is 23.7 Å². The van der Waals surface area contributed by atoms with Crippen LogP contribution in [0.3, 0.4) is 0 Å². The van der Waals surface area contributed by atoms with Crippen molar-refractivity contribution >= 4 is 17.1 Å². The Kier molecular flexibility index (Phi) is 6.38. The number of rotatable bonds is 6. The van der Waals surface area contributed by atoms with Crippen LogP contribution < -0.4 is 14.2 Å². The van der Waals surface area contributed by atoms with Crippen molar-refractivity contribution in [2.75, 3.05) is 7.11 Å². The van der Waals surface area contributed by atoms with E-state index in [0.717, 1.165) is 16.5 Å². The molecular formula is C23H29N3O5. The highest BCUT2D eigenvalue weighted by Gasteiger charge is 2.30. The fourth-order valence-corrected chi connectivity index (χ4v) is 3.32. The Morgan fingerprint density at radius 2 is 1.97 bits per heavy atom. The van der Waals surface area contributed by atoms with Gasteiger partial charge < -0.3 is 24.4 Å². The van der Waals surface area contributed by atoms with Gasteiger partial charge in [-0.15, -0.1) is 4.73 Å². The van der Waals surface area contributed by atoms with Gasteiger partial charge >= 0.3 is 12.0 Å². The standard InChI is InChI=1S/C23H29N3O5/c1-14(2)11-19-20(30-22(27)31-23(3,4)5)25-18(21(29-6)26(19)28)12-15-13-24-17-10-8-7-9-16(15)17/h7-10,13-14,24H,11-12H2,1-6H3. The summed E-state index contributed by atoms with van der Waals surface area (Å²) in [6.07, 6.45) is 1.64. The van der Waals surface area contributed by atoms with E-state index in [4.69, 9.17) is 14.2 Å². The van der Waals surface area contributed by atoms with E-state index >= 15 is 0 Å². The number of aromatic amines is 1. The molecule has 0 unspecified atom stereocenters. The summed E-state index contributed by atoms with van der Waals surface area (Å²) in [6, 6.07) is 7.85. The van der Waals surface area contributed by atoms with Crippen LogP contribution >= 0.6 is 0 Å². The van der Waals surface area contributed by atoms with Gasteiger partial charge in [-0.25, -0.2) is 9.78 Å². The number of hydrogen-bond acceptors (Lipinski definition) is 6. The summed E-state index contributed by atoms with van der Waals surface area (Å²) < 4.78 is 16.7. The number of methoxy groups -OCH3 is 1. The number of nitrogens with one attached hydrogen (secondary N) is 1. The Hall–Kier alpha value is -3.29. The zero-order chi connectivity index (χ0) is 22.8. The fraction of sp³-hybridized carbons (Fsp3) is 0.435. The van der Waals surface area contributed by atoms with E-state index < -0.39 is 11.8 Å². The molecule has 0 fully saturated rings. The first-order valence-corrected chi connectivity index (χ1v) is 10.2. The van der Waals surface area contributed by atoms with Crippen LogP contribution in [0.5, 0.6) is 11.8 Å². The number of nitrogens with zero attached hydrogens (tertiary/aromatic N) is 2. The molecule has 31 heavy (non-hydrogen) atoms. The van der Waals surface area contributed by atoms with Crippen molar-refractivity contribution in [1.29, 1.82) is 0 Å². The molecule has 0 atom stereocenters. The molecule has 0 spiro atoms. The summed E-state index contributed by atoms with van der Waals surface area (Å²) in [4.78, 5) is 20.0. The highest BCUT2D eigenvalue weighted by molar-refractivity contribution is 5.83. The topological polar surface area (TPSA) is 100 Å². The first kappa shape index (κ1) is 22.4. The average Bonchev–Trinajstić information content (AvgIpc) is 3.06. The molecule has 3 rings (SSSR count). The molecule has 166 valence electrons. The SMILES string of the molecule is COc1c(Cc2c[nH]c3ccccc23)nc(OC(=O)OC(C)(C)C)c(CC(C)C)[n+]1[O-]. The lowest BCUT2D eigenvalue weighted by Gasteiger charge is -2.19. The van der Waals surface area contributed by atoms with Crippen LogP contribution in [0.15, 0.2) is 30.5 Å². The fourth-order valence-electron chi connectivity index (χ4n) is 3.32. The normalized spacial score (nSPS) is 11.7.